The predicted molar refractivity (Wildman–Crippen MR) is 149 cm³/mol. The summed E-state index contributed by atoms with van der Waals surface area (Å²) in [6.45, 7) is 3.06. The highest BCUT2D eigenvalue weighted by molar-refractivity contribution is 5.90. The van der Waals surface area contributed by atoms with Crippen molar-refractivity contribution in [3.63, 3.8) is 0 Å². The van der Waals surface area contributed by atoms with Gasteiger partial charge in [-0.25, -0.2) is 4.79 Å². The van der Waals surface area contributed by atoms with E-state index in [0.29, 0.717) is 5.56 Å². The molecule has 0 bridgehead atoms. The van der Waals surface area contributed by atoms with Gasteiger partial charge in [0.15, 0.2) is 0 Å². The predicted octanol–water partition coefficient (Wildman–Crippen LogP) is 8.97. The molecule has 0 saturated carbocycles. The quantitative estimate of drug-likeness (QED) is 0.150. The van der Waals surface area contributed by atoms with Crippen LogP contribution in [-0.2, 0) is 15.9 Å². The van der Waals surface area contributed by atoms with Crippen molar-refractivity contribution in [2.75, 3.05) is 13.7 Å². The fraction of sp³-hybridized carbons (Fsp3) is 0.424. The van der Waals surface area contributed by atoms with Crippen LogP contribution in [0.15, 0.2) is 78.9 Å². The number of hydrogen-bond acceptors (Lipinski definition) is 3. The molecule has 0 N–H and O–H groups in total. The minimum atomic E-state index is -0.311. The Kier molecular flexibility index (Phi) is 12.3. The standard InChI is InChI=1S/C33H42O3/c1-3-4-5-12-20-32(36-25-13-7-6-9-15-27-16-10-8-11-17-27)29-23-21-28(22-24-29)30-18-14-19-31(26-30)33(34)35-2/h8,10-11,14,16-19,21-24,26,32H,3-7,9,12-13,15,20,25H2,1-2H3/t32-/m0/s1. The number of aryl methyl sites for hydroxylation is 1. The Bertz CT molecular complexity index is 1010. The summed E-state index contributed by atoms with van der Waals surface area (Å²) in [5, 5.41) is 0. The van der Waals surface area contributed by atoms with E-state index >= 15 is 0 Å². The van der Waals surface area contributed by atoms with E-state index in [0.717, 1.165) is 37.0 Å². The van der Waals surface area contributed by atoms with E-state index in [1.807, 2.05) is 18.2 Å². The van der Waals surface area contributed by atoms with Crippen molar-refractivity contribution in [3.05, 3.63) is 95.6 Å². The first kappa shape index (κ1) is 27.7. The Morgan fingerprint density at radius 2 is 1.50 bits per heavy atom. The Morgan fingerprint density at radius 3 is 2.25 bits per heavy atom. The van der Waals surface area contributed by atoms with Crippen molar-refractivity contribution in [2.45, 2.75) is 77.2 Å². The highest BCUT2D eigenvalue weighted by Crippen LogP contribution is 2.28. The van der Waals surface area contributed by atoms with Gasteiger partial charge < -0.3 is 9.47 Å². The molecule has 3 nitrogen and oxygen atoms in total. The minimum absolute atomic E-state index is 0.140. The van der Waals surface area contributed by atoms with Gasteiger partial charge >= 0.3 is 5.97 Å². The largest absolute Gasteiger partial charge is 0.465 e. The van der Waals surface area contributed by atoms with Gasteiger partial charge in [-0.3, -0.25) is 0 Å². The minimum Gasteiger partial charge on any atom is -0.465 e. The molecule has 3 rings (SSSR count). The molecule has 0 aliphatic rings. The third kappa shape index (κ3) is 9.28. The second-order valence-corrected chi connectivity index (χ2v) is 9.55. The Hall–Kier alpha value is -2.91. The normalized spacial score (nSPS) is 11.8. The molecular formula is C33H42O3. The number of rotatable bonds is 16. The average molecular weight is 487 g/mol. The molecule has 0 aliphatic carbocycles. The molecule has 0 radical (unpaired) electrons. The van der Waals surface area contributed by atoms with E-state index in [1.165, 1.54) is 63.2 Å². The Balaban J connectivity index is 1.52. The van der Waals surface area contributed by atoms with Crippen molar-refractivity contribution < 1.29 is 14.3 Å². The van der Waals surface area contributed by atoms with Crippen LogP contribution >= 0.6 is 0 Å². The molecule has 0 aromatic heterocycles. The number of carbonyl (C=O) groups is 1. The monoisotopic (exact) mass is 486 g/mol. The van der Waals surface area contributed by atoms with Crippen molar-refractivity contribution in [1.29, 1.82) is 0 Å². The van der Waals surface area contributed by atoms with Crippen LogP contribution in [0.1, 0.15) is 92.3 Å². The fourth-order valence-corrected chi connectivity index (χ4v) is 4.59. The molecule has 0 unspecified atom stereocenters. The molecule has 0 heterocycles. The zero-order chi connectivity index (χ0) is 25.4. The third-order valence-electron chi connectivity index (χ3n) is 6.74. The van der Waals surface area contributed by atoms with Crippen LogP contribution in [0.5, 0.6) is 0 Å². The van der Waals surface area contributed by atoms with E-state index < -0.39 is 0 Å². The second kappa shape index (κ2) is 16.0. The SMILES string of the molecule is CCCCCC[C@H](OCCCCCCc1ccccc1)c1ccc(-c2cccc(C(=O)OC)c2)cc1. The Labute approximate surface area is 217 Å². The van der Waals surface area contributed by atoms with Gasteiger partial charge in [-0.05, 0) is 60.1 Å². The molecule has 3 aromatic rings. The summed E-state index contributed by atoms with van der Waals surface area (Å²) < 4.78 is 11.3. The lowest BCUT2D eigenvalue weighted by atomic mass is 9.98. The van der Waals surface area contributed by atoms with E-state index in [2.05, 4.69) is 61.5 Å². The summed E-state index contributed by atoms with van der Waals surface area (Å²) in [7, 11) is 1.41. The van der Waals surface area contributed by atoms with Crippen molar-refractivity contribution in [2.24, 2.45) is 0 Å². The number of ether oxygens (including phenoxy) is 2. The summed E-state index contributed by atoms with van der Waals surface area (Å²) in [5.41, 5.74) is 5.35. The van der Waals surface area contributed by atoms with Gasteiger partial charge in [0.25, 0.3) is 0 Å². The van der Waals surface area contributed by atoms with Crippen LogP contribution in [-0.4, -0.2) is 19.7 Å². The lowest BCUT2D eigenvalue weighted by Crippen LogP contribution is -2.06. The highest BCUT2D eigenvalue weighted by atomic mass is 16.5. The number of hydrogen-bond donors (Lipinski definition) is 0. The van der Waals surface area contributed by atoms with Crippen LogP contribution < -0.4 is 0 Å². The maximum absolute atomic E-state index is 11.9. The van der Waals surface area contributed by atoms with Gasteiger partial charge in [-0.15, -0.1) is 0 Å². The number of benzene rings is 3. The first-order valence-electron chi connectivity index (χ1n) is 13.7. The fourth-order valence-electron chi connectivity index (χ4n) is 4.59. The maximum Gasteiger partial charge on any atom is 0.337 e. The zero-order valence-electron chi connectivity index (χ0n) is 22.1. The number of esters is 1. The molecular weight excluding hydrogens is 444 g/mol. The summed E-state index contributed by atoms with van der Waals surface area (Å²) in [6, 6.07) is 27.0. The lowest BCUT2D eigenvalue weighted by Gasteiger charge is -2.19. The molecule has 36 heavy (non-hydrogen) atoms. The molecule has 3 heteroatoms. The van der Waals surface area contributed by atoms with E-state index in [9.17, 15) is 4.79 Å². The van der Waals surface area contributed by atoms with Gasteiger partial charge in [-0.2, -0.15) is 0 Å². The molecule has 3 aromatic carbocycles. The molecule has 0 amide bonds. The molecule has 1 atom stereocenters. The average Bonchev–Trinajstić information content (AvgIpc) is 2.94. The van der Waals surface area contributed by atoms with Gasteiger partial charge in [0.05, 0.1) is 18.8 Å². The van der Waals surface area contributed by atoms with Gasteiger partial charge in [0, 0.05) is 6.61 Å². The molecule has 0 spiro atoms. The van der Waals surface area contributed by atoms with Gasteiger partial charge in [-0.1, -0.05) is 112 Å². The van der Waals surface area contributed by atoms with E-state index in [4.69, 9.17) is 9.47 Å². The summed E-state index contributed by atoms with van der Waals surface area (Å²) in [5.74, 6) is -0.311. The van der Waals surface area contributed by atoms with Crippen molar-refractivity contribution >= 4 is 5.97 Å². The molecule has 0 fully saturated rings. The summed E-state index contributed by atoms with van der Waals surface area (Å²) >= 11 is 0. The van der Waals surface area contributed by atoms with Crippen LogP contribution in [0.25, 0.3) is 11.1 Å². The summed E-state index contributed by atoms with van der Waals surface area (Å²) in [4.78, 5) is 11.9. The lowest BCUT2D eigenvalue weighted by molar-refractivity contribution is 0.0421. The highest BCUT2D eigenvalue weighted by Gasteiger charge is 2.13. The second-order valence-electron chi connectivity index (χ2n) is 9.55. The van der Waals surface area contributed by atoms with Crippen molar-refractivity contribution in [1.82, 2.24) is 0 Å². The molecule has 0 aliphatic heterocycles. The maximum atomic E-state index is 11.9. The molecule has 0 saturated heterocycles. The van der Waals surface area contributed by atoms with Crippen LogP contribution in [0.3, 0.4) is 0 Å². The first-order chi connectivity index (χ1) is 17.7. The number of carbonyl (C=O) groups excluding carboxylic acids is 1. The Morgan fingerprint density at radius 1 is 0.750 bits per heavy atom. The number of unbranched alkanes of at least 4 members (excludes halogenated alkanes) is 6. The van der Waals surface area contributed by atoms with Gasteiger partial charge in [0.2, 0.25) is 0 Å². The smallest absolute Gasteiger partial charge is 0.337 e. The summed E-state index contributed by atoms with van der Waals surface area (Å²) in [6.07, 6.45) is 12.2. The van der Waals surface area contributed by atoms with Crippen molar-refractivity contribution in [3.8, 4) is 11.1 Å². The zero-order valence-corrected chi connectivity index (χ0v) is 22.1. The van der Waals surface area contributed by atoms with Gasteiger partial charge in [0.1, 0.15) is 0 Å². The van der Waals surface area contributed by atoms with Crippen LogP contribution in [0.4, 0.5) is 0 Å². The topological polar surface area (TPSA) is 35.5 Å². The van der Waals surface area contributed by atoms with Crippen LogP contribution in [0.2, 0.25) is 0 Å². The third-order valence-corrected chi connectivity index (χ3v) is 6.74. The molecule has 192 valence electrons. The van der Waals surface area contributed by atoms with E-state index in [1.54, 1.807) is 6.07 Å². The first-order valence-corrected chi connectivity index (χ1v) is 13.7. The van der Waals surface area contributed by atoms with Crippen LogP contribution in [0, 0.1) is 0 Å². The van der Waals surface area contributed by atoms with E-state index in [-0.39, 0.29) is 12.1 Å². The number of methoxy groups -OCH3 is 1.